The Morgan fingerprint density at radius 1 is 1.40 bits per heavy atom. The Morgan fingerprint density at radius 3 is 2.80 bits per heavy atom. The Labute approximate surface area is 87.2 Å². The zero-order chi connectivity index (χ0) is 10.7. The molecule has 0 spiro atoms. The van der Waals surface area contributed by atoms with Gasteiger partial charge in [-0.1, -0.05) is 18.2 Å². The van der Waals surface area contributed by atoms with Crippen LogP contribution in [0.15, 0.2) is 41.5 Å². The van der Waals surface area contributed by atoms with Crippen LogP contribution in [0, 0.1) is 6.20 Å². The molecule has 1 aromatic rings. The molecule has 1 aromatic carbocycles. The number of anilines is 1. The monoisotopic (exact) mass is 205 g/mol. The zero-order valence-electron chi connectivity index (χ0n) is 8.18. The summed E-state index contributed by atoms with van der Waals surface area (Å²) in [6, 6.07) is 9.50. The Hall–Kier alpha value is -2.04. The minimum atomic E-state index is -0.587. The smallest absolute Gasteiger partial charge is 0.237 e. The van der Waals surface area contributed by atoms with Gasteiger partial charge in [-0.05, 0) is 12.1 Å². The van der Waals surface area contributed by atoms with Crippen LogP contribution in [0.25, 0.3) is 0 Å². The van der Waals surface area contributed by atoms with Crippen LogP contribution < -0.4 is 10.4 Å². The number of benzene rings is 1. The van der Waals surface area contributed by atoms with Crippen molar-refractivity contribution < 1.29 is 4.39 Å². The van der Waals surface area contributed by atoms with Crippen LogP contribution in [-0.4, -0.2) is 18.2 Å². The van der Waals surface area contributed by atoms with E-state index in [4.69, 9.17) is 0 Å². The molecule has 1 radical (unpaired) electrons. The van der Waals surface area contributed by atoms with Gasteiger partial charge in [0.2, 0.25) is 5.97 Å². The minimum Gasteiger partial charge on any atom is -0.260 e. The molecule has 0 amide bonds. The van der Waals surface area contributed by atoms with Crippen LogP contribution in [-0.2, 0) is 0 Å². The second-order valence-corrected chi connectivity index (χ2v) is 2.97. The molecule has 0 aliphatic carbocycles. The maximum absolute atomic E-state index is 12.8. The van der Waals surface area contributed by atoms with Crippen molar-refractivity contribution in [3.8, 4) is 0 Å². The van der Waals surface area contributed by atoms with Crippen LogP contribution >= 0.6 is 0 Å². The van der Waals surface area contributed by atoms with E-state index in [-0.39, 0.29) is 0 Å². The molecule has 1 aliphatic heterocycles. The molecule has 0 fully saturated rings. The van der Waals surface area contributed by atoms with Crippen molar-refractivity contribution in [2.45, 2.75) is 0 Å². The van der Waals surface area contributed by atoms with Crippen LogP contribution in [0.2, 0.25) is 0 Å². The lowest BCUT2D eigenvalue weighted by Crippen LogP contribution is -2.45. The first-order chi connectivity index (χ1) is 7.27. The lowest BCUT2D eigenvalue weighted by Gasteiger charge is -2.30. The number of nitrogens with zero attached hydrogens (tertiary/aromatic N) is 3. The normalized spacial score (nSPS) is 14.5. The van der Waals surface area contributed by atoms with E-state index in [0.717, 1.165) is 11.8 Å². The maximum Gasteiger partial charge on any atom is 0.237 e. The highest BCUT2D eigenvalue weighted by atomic mass is 19.1. The highest BCUT2D eigenvalue weighted by Crippen LogP contribution is 2.13. The lowest BCUT2D eigenvalue weighted by atomic mass is 10.3. The molecular formula is C10H10FN4. The molecular weight excluding hydrogens is 195 g/mol. The molecule has 0 saturated heterocycles. The van der Waals surface area contributed by atoms with Crippen molar-refractivity contribution in [2.75, 3.05) is 12.1 Å². The second-order valence-electron chi connectivity index (χ2n) is 2.97. The van der Waals surface area contributed by atoms with Gasteiger partial charge in [0.15, 0.2) is 0 Å². The summed E-state index contributed by atoms with van der Waals surface area (Å²) in [4.78, 5) is 0. The van der Waals surface area contributed by atoms with Crippen molar-refractivity contribution in [3.05, 3.63) is 42.6 Å². The Bertz CT molecular complexity index is 388. The fourth-order valence-electron chi connectivity index (χ4n) is 1.19. The third kappa shape index (κ3) is 2.07. The summed E-state index contributed by atoms with van der Waals surface area (Å²) < 4.78 is 12.8. The van der Waals surface area contributed by atoms with Crippen molar-refractivity contribution >= 4 is 11.7 Å². The number of para-hydroxylation sites is 1. The first kappa shape index (κ1) is 9.51. The van der Waals surface area contributed by atoms with Gasteiger partial charge in [-0.3, -0.25) is 10.4 Å². The molecule has 1 heterocycles. The van der Waals surface area contributed by atoms with E-state index >= 15 is 0 Å². The average Bonchev–Trinajstić information content (AvgIpc) is 2.29. The number of hydrazine groups is 2. The number of halogens is 1. The van der Waals surface area contributed by atoms with Gasteiger partial charge < -0.3 is 0 Å². The Morgan fingerprint density at radius 2 is 2.13 bits per heavy atom. The van der Waals surface area contributed by atoms with Crippen molar-refractivity contribution in [2.24, 2.45) is 5.10 Å². The molecule has 0 aromatic heterocycles. The molecule has 5 heteroatoms. The third-order valence-corrected chi connectivity index (χ3v) is 1.96. The fourth-order valence-corrected chi connectivity index (χ4v) is 1.19. The number of hydrogen-bond donors (Lipinski definition) is 1. The maximum atomic E-state index is 12.8. The standard InChI is InChI=1S/C10H10FN4/c1-14(9-5-3-2-4-6-9)15-12-8-7-10(11)13-15/h2-7,12H,1H3. The summed E-state index contributed by atoms with van der Waals surface area (Å²) in [5.41, 5.74) is 3.57. The van der Waals surface area contributed by atoms with Gasteiger partial charge in [-0.25, -0.2) is 0 Å². The van der Waals surface area contributed by atoms with E-state index in [1.807, 2.05) is 30.3 Å². The summed E-state index contributed by atoms with van der Waals surface area (Å²) in [6.07, 6.45) is 3.67. The van der Waals surface area contributed by atoms with Crippen LogP contribution in [0.1, 0.15) is 0 Å². The van der Waals surface area contributed by atoms with Gasteiger partial charge in [-0.2, -0.15) is 4.39 Å². The summed E-state index contributed by atoms with van der Waals surface area (Å²) in [7, 11) is 1.77. The highest BCUT2D eigenvalue weighted by Gasteiger charge is 2.11. The van der Waals surface area contributed by atoms with E-state index in [0.29, 0.717) is 0 Å². The van der Waals surface area contributed by atoms with Crippen LogP contribution in [0.3, 0.4) is 0 Å². The number of hydrogen-bond acceptors (Lipinski definition) is 4. The van der Waals surface area contributed by atoms with E-state index in [2.05, 4.69) is 16.7 Å². The molecule has 4 nitrogen and oxygen atoms in total. The molecule has 2 rings (SSSR count). The van der Waals surface area contributed by atoms with Crippen LogP contribution in [0.4, 0.5) is 10.1 Å². The molecule has 0 bridgehead atoms. The second kappa shape index (κ2) is 4.00. The molecule has 77 valence electrons. The summed E-state index contributed by atoms with van der Waals surface area (Å²) in [6.45, 7) is 0. The highest BCUT2D eigenvalue weighted by molar-refractivity contribution is 5.86. The van der Waals surface area contributed by atoms with Gasteiger partial charge in [-0.15, -0.1) is 10.3 Å². The lowest BCUT2D eigenvalue weighted by molar-refractivity contribution is 0.209. The topological polar surface area (TPSA) is 30.9 Å². The van der Waals surface area contributed by atoms with Crippen molar-refractivity contribution in [1.82, 2.24) is 10.7 Å². The number of rotatable bonds is 2. The fraction of sp³-hybridized carbons (Fsp3) is 0.100. The van der Waals surface area contributed by atoms with E-state index < -0.39 is 5.97 Å². The van der Waals surface area contributed by atoms with Gasteiger partial charge in [0, 0.05) is 13.1 Å². The van der Waals surface area contributed by atoms with Gasteiger partial charge in [0.25, 0.3) is 0 Å². The zero-order valence-corrected chi connectivity index (χ0v) is 8.18. The van der Waals surface area contributed by atoms with Crippen LogP contribution in [0.5, 0.6) is 0 Å². The average molecular weight is 205 g/mol. The van der Waals surface area contributed by atoms with Crippen molar-refractivity contribution in [3.63, 3.8) is 0 Å². The Balaban J connectivity index is 2.16. The number of allylic oxidation sites excluding steroid dienone is 1. The number of nitrogens with one attached hydrogen (secondary N) is 1. The molecule has 15 heavy (non-hydrogen) atoms. The summed E-state index contributed by atoms with van der Waals surface area (Å²) in [5, 5.41) is 6.57. The van der Waals surface area contributed by atoms with Crippen molar-refractivity contribution in [1.29, 1.82) is 0 Å². The SMILES string of the molecule is CN(c1ccccc1)N1N=C(F)C=[C]N1. The first-order valence-corrected chi connectivity index (χ1v) is 4.45. The minimum absolute atomic E-state index is 0.587. The molecule has 1 aliphatic rings. The van der Waals surface area contributed by atoms with Gasteiger partial charge >= 0.3 is 0 Å². The van der Waals surface area contributed by atoms with Gasteiger partial charge in [0.05, 0.1) is 11.9 Å². The van der Waals surface area contributed by atoms with E-state index in [1.165, 1.54) is 5.23 Å². The quantitative estimate of drug-likeness (QED) is 0.793. The number of hydrazone groups is 1. The predicted octanol–water partition coefficient (Wildman–Crippen LogP) is 1.46. The van der Waals surface area contributed by atoms with Gasteiger partial charge in [0.1, 0.15) is 0 Å². The summed E-state index contributed by atoms with van der Waals surface area (Å²) in [5.74, 6) is -0.587. The third-order valence-electron chi connectivity index (χ3n) is 1.96. The predicted molar refractivity (Wildman–Crippen MR) is 56.2 cm³/mol. The largest absolute Gasteiger partial charge is 0.260 e. The molecule has 0 atom stereocenters. The molecule has 0 unspecified atom stereocenters. The Kier molecular flexibility index (Phi) is 2.53. The van der Waals surface area contributed by atoms with E-state index in [9.17, 15) is 4.39 Å². The molecule has 0 saturated carbocycles. The summed E-state index contributed by atoms with van der Waals surface area (Å²) >= 11 is 0. The first-order valence-electron chi connectivity index (χ1n) is 4.45. The van der Waals surface area contributed by atoms with E-state index in [1.54, 1.807) is 12.1 Å². The molecule has 1 N–H and O–H groups in total.